The maximum absolute atomic E-state index is 14.1. The fraction of sp³-hybridized carbons (Fsp3) is 0.364. The highest BCUT2D eigenvalue weighted by molar-refractivity contribution is 14.1. The molecule has 2 aromatic heterocycles. The third kappa shape index (κ3) is 1.68. The van der Waals surface area contributed by atoms with Gasteiger partial charge in [-0.2, -0.15) is 10.2 Å². The van der Waals surface area contributed by atoms with Crippen molar-refractivity contribution in [2.75, 3.05) is 0 Å². The van der Waals surface area contributed by atoms with Crippen LogP contribution in [-0.2, 0) is 12.7 Å². The van der Waals surface area contributed by atoms with E-state index in [-0.39, 0.29) is 11.3 Å². The first-order chi connectivity index (χ1) is 8.55. The van der Waals surface area contributed by atoms with Gasteiger partial charge in [0.15, 0.2) is 17.8 Å². The van der Waals surface area contributed by atoms with Gasteiger partial charge in [-0.25, -0.2) is 13.8 Å². The lowest BCUT2D eigenvalue weighted by Gasteiger charge is -2.02. The molecular formula is C11H10FIN4O. The molecule has 3 rings (SSSR count). The summed E-state index contributed by atoms with van der Waals surface area (Å²) >= 11 is 2.12. The number of alkyl halides is 1. The average Bonchev–Trinajstić information content (AvgIpc) is 2.79. The van der Waals surface area contributed by atoms with Crippen LogP contribution in [0.5, 0.6) is 0 Å². The van der Waals surface area contributed by atoms with Crippen LogP contribution in [0.1, 0.15) is 28.9 Å². The molecule has 1 fully saturated rings. The van der Waals surface area contributed by atoms with Gasteiger partial charge in [-0.3, -0.25) is 4.79 Å². The summed E-state index contributed by atoms with van der Waals surface area (Å²) in [5.41, 5.74) is -0.899. The van der Waals surface area contributed by atoms with E-state index in [1.807, 2.05) is 0 Å². The minimum atomic E-state index is -1.42. The van der Waals surface area contributed by atoms with Crippen LogP contribution < -0.4 is 0 Å². The molecule has 1 saturated carbocycles. The van der Waals surface area contributed by atoms with Gasteiger partial charge in [-0.15, -0.1) is 0 Å². The number of hydrogen-bond acceptors (Lipinski definition) is 3. The Hall–Kier alpha value is -1.25. The lowest BCUT2D eigenvalue weighted by Crippen LogP contribution is -2.05. The maximum Gasteiger partial charge on any atom is 0.162 e. The smallest absolute Gasteiger partial charge is 0.162 e. The number of aromatic nitrogens is 4. The monoisotopic (exact) mass is 360 g/mol. The van der Waals surface area contributed by atoms with Crippen LogP contribution >= 0.6 is 22.6 Å². The third-order valence-corrected chi connectivity index (χ3v) is 3.61. The molecule has 18 heavy (non-hydrogen) atoms. The van der Waals surface area contributed by atoms with Crippen molar-refractivity contribution in [3.8, 4) is 5.82 Å². The Morgan fingerprint density at radius 3 is 2.78 bits per heavy atom. The van der Waals surface area contributed by atoms with E-state index in [1.165, 1.54) is 4.68 Å². The van der Waals surface area contributed by atoms with Gasteiger partial charge in [0.05, 0.1) is 15.3 Å². The first kappa shape index (κ1) is 11.8. The molecule has 1 aliphatic carbocycles. The predicted molar refractivity (Wildman–Crippen MR) is 70.5 cm³/mol. The van der Waals surface area contributed by atoms with Gasteiger partial charge in [0.25, 0.3) is 0 Å². The molecule has 2 aromatic rings. The van der Waals surface area contributed by atoms with Crippen LogP contribution in [0.4, 0.5) is 4.39 Å². The van der Waals surface area contributed by atoms with Gasteiger partial charge in [-0.1, -0.05) is 0 Å². The summed E-state index contributed by atoms with van der Waals surface area (Å²) in [4.78, 5) is 11.3. The van der Waals surface area contributed by atoms with Crippen molar-refractivity contribution < 1.29 is 9.18 Å². The van der Waals surface area contributed by atoms with Crippen molar-refractivity contribution in [3.63, 3.8) is 0 Å². The van der Waals surface area contributed by atoms with Gasteiger partial charge in [0.1, 0.15) is 5.69 Å². The number of rotatable bonds is 3. The fourth-order valence-electron chi connectivity index (χ4n) is 2.01. The molecular weight excluding hydrogens is 350 g/mol. The third-order valence-electron chi connectivity index (χ3n) is 3.05. The summed E-state index contributed by atoms with van der Waals surface area (Å²) in [6, 6.07) is 0. The van der Waals surface area contributed by atoms with Crippen LogP contribution in [0.25, 0.3) is 5.82 Å². The van der Waals surface area contributed by atoms with E-state index in [9.17, 15) is 9.18 Å². The van der Waals surface area contributed by atoms with Gasteiger partial charge in [0, 0.05) is 13.2 Å². The zero-order valence-corrected chi connectivity index (χ0v) is 11.8. The first-order valence-corrected chi connectivity index (χ1v) is 6.55. The molecule has 0 N–H and O–H groups in total. The van der Waals surface area contributed by atoms with E-state index in [4.69, 9.17) is 0 Å². The normalized spacial score (nSPS) is 16.8. The van der Waals surface area contributed by atoms with Gasteiger partial charge < -0.3 is 0 Å². The van der Waals surface area contributed by atoms with Gasteiger partial charge in [0.2, 0.25) is 0 Å². The molecule has 0 atom stereocenters. The molecule has 0 saturated heterocycles. The molecule has 0 spiro atoms. The van der Waals surface area contributed by atoms with E-state index in [0.717, 1.165) is 3.57 Å². The summed E-state index contributed by atoms with van der Waals surface area (Å²) in [7, 11) is 1.69. The number of halogens is 2. The second-order valence-corrected chi connectivity index (χ2v) is 5.64. The summed E-state index contributed by atoms with van der Waals surface area (Å²) in [5, 5.41) is 8.29. The van der Waals surface area contributed by atoms with E-state index >= 15 is 0 Å². The number of carbonyl (C=O) groups is 1. The van der Waals surface area contributed by atoms with Crippen molar-refractivity contribution >= 4 is 28.9 Å². The SMILES string of the molecule is Cn1nc(C2(F)CC2)c(C=O)c1-n1cc(I)cn1. The minimum absolute atomic E-state index is 0.237. The van der Waals surface area contributed by atoms with Crippen molar-refractivity contribution in [2.45, 2.75) is 18.5 Å². The van der Waals surface area contributed by atoms with Gasteiger partial charge in [-0.05, 0) is 35.4 Å². The van der Waals surface area contributed by atoms with Crippen LogP contribution in [0.3, 0.4) is 0 Å². The highest BCUT2D eigenvalue weighted by Crippen LogP contribution is 2.50. The summed E-state index contributed by atoms with van der Waals surface area (Å²) in [5.74, 6) is 0.506. The molecule has 0 amide bonds. The number of aryl methyl sites for hydroxylation is 1. The molecule has 0 aromatic carbocycles. The highest BCUT2D eigenvalue weighted by atomic mass is 127. The Bertz CT molecular complexity index is 629. The Kier molecular flexibility index (Phi) is 2.54. The van der Waals surface area contributed by atoms with Crippen molar-refractivity contribution in [3.05, 3.63) is 27.2 Å². The number of nitrogens with zero attached hydrogens (tertiary/aromatic N) is 4. The number of aldehydes is 1. The zero-order valence-electron chi connectivity index (χ0n) is 9.60. The molecule has 0 bridgehead atoms. The topological polar surface area (TPSA) is 52.7 Å². The van der Waals surface area contributed by atoms with Crippen molar-refractivity contribution in [2.24, 2.45) is 7.05 Å². The summed E-state index contributed by atoms with van der Waals surface area (Å²) in [6.07, 6.45) is 4.96. The standard InChI is InChI=1S/C11H10FIN4O/c1-16-10(17-5-7(13)4-14-17)8(6-18)9(15-16)11(12)2-3-11/h4-6H,2-3H2,1H3. The second kappa shape index (κ2) is 3.87. The number of hydrogen-bond donors (Lipinski definition) is 0. The molecule has 5 nitrogen and oxygen atoms in total. The molecule has 94 valence electrons. The predicted octanol–water partition coefficient (Wildman–Crippen LogP) is 1.98. The van der Waals surface area contributed by atoms with Gasteiger partial charge >= 0.3 is 0 Å². The second-order valence-electron chi connectivity index (χ2n) is 4.40. The quantitative estimate of drug-likeness (QED) is 0.622. The molecule has 1 aliphatic rings. The molecule has 0 radical (unpaired) electrons. The molecule has 7 heteroatoms. The maximum atomic E-state index is 14.1. The zero-order chi connectivity index (χ0) is 12.9. The molecule has 0 unspecified atom stereocenters. The van der Waals surface area contributed by atoms with Crippen molar-refractivity contribution in [1.29, 1.82) is 0 Å². The Balaban J connectivity index is 2.20. The van der Waals surface area contributed by atoms with Crippen LogP contribution in [0.2, 0.25) is 0 Å². The average molecular weight is 360 g/mol. The van der Waals surface area contributed by atoms with Crippen LogP contribution in [-0.4, -0.2) is 25.8 Å². The highest BCUT2D eigenvalue weighted by Gasteiger charge is 2.49. The molecule has 0 aliphatic heterocycles. The number of carbonyl (C=O) groups excluding carboxylic acids is 1. The van der Waals surface area contributed by atoms with E-state index < -0.39 is 5.67 Å². The van der Waals surface area contributed by atoms with E-state index in [1.54, 1.807) is 24.1 Å². The summed E-state index contributed by atoms with van der Waals surface area (Å²) in [6.45, 7) is 0. The Morgan fingerprint density at radius 2 is 2.28 bits per heavy atom. The van der Waals surface area contributed by atoms with E-state index in [2.05, 4.69) is 32.8 Å². The Morgan fingerprint density at radius 1 is 1.56 bits per heavy atom. The fourth-order valence-corrected chi connectivity index (χ4v) is 2.39. The van der Waals surface area contributed by atoms with Crippen LogP contribution in [0, 0.1) is 3.57 Å². The summed E-state index contributed by atoms with van der Waals surface area (Å²) < 4.78 is 18.1. The van der Waals surface area contributed by atoms with E-state index in [0.29, 0.717) is 24.9 Å². The molecule has 2 heterocycles. The lowest BCUT2D eigenvalue weighted by atomic mass is 10.1. The largest absolute Gasteiger partial charge is 0.298 e. The minimum Gasteiger partial charge on any atom is -0.298 e. The Labute approximate surface area is 116 Å². The lowest BCUT2D eigenvalue weighted by molar-refractivity contribution is 0.111. The first-order valence-electron chi connectivity index (χ1n) is 5.47. The van der Waals surface area contributed by atoms with Crippen molar-refractivity contribution in [1.82, 2.24) is 19.6 Å². The van der Waals surface area contributed by atoms with Crippen LogP contribution in [0.15, 0.2) is 12.4 Å².